The first-order valence-electron chi connectivity index (χ1n) is 4.93. The van der Waals surface area contributed by atoms with Crippen molar-refractivity contribution in [3.63, 3.8) is 0 Å². The highest BCUT2D eigenvalue weighted by molar-refractivity contribution is 5.77. The molecule has 1 heterocycles. The minimum atomic E-state index is -0.182. The van der Waals surface area contributed by atoms with Gasteiger partial charge in [-0.2, -0.15) is 0 Å². The standard InChI is InChI=1S/C11H13NO3/c13-9-3-1-8(2-4-9)7-12-10-5-6-15-11(10)14/h1-4,10,12-13H,5-7H2. The highest BCUT2D eigenvalue weighted by atomic mass is 16.5. The van der Waals surface area contributed by atoms with Gasteiger partial charge in [-0.3, -0.25) is 4.79 Å². The normalized spacial score (nSPS) is 20.3. The number of esters is 1. The molecule has 0 spiro atoms. The number of cyclic esters (lactones) is 1. The molecule has 0 aliphatic carbocycles. The van der Waals surface area contributed by atoms with Crippen LogP contribution >= 0.6 is 0 Å². The molecule has 1 unspecified atom stereocenters. The van der Waals surface area contributed by atoms with Crippen LogP contribution in [0, 0.1) is 0 Å². The topological polar surface area (TPSA) is 58.6 Å². The highest BCUT2D eigenvalue weighted by Crippen LogP contribution is 2.11. The molecule has 0 amide bonds. The lowest BCUT2D eigenvalue weighted by molar-refractivity contribution is -0.139. The van der Waals surface area contributed by atoms with Gasteiger partial charge in [0.25, 0.3) is 0 Å². The maximum absolute atomic E-state index is 11.1. The molecule has 2 N–H and O–H groups in total. The van der Waals surface area contributed by atoms with E-state index in [0.717, 1.165) is 12.0 Å². The third kappa shape index (κ3) is 2.47. The number of nitrogens with one attached hydrogen (secondary N) is 1. The van der Waals surface area contributed by atoms with Gasteiger partial charge in [0.2, 0.25) is 0 Å². The molecule has 15 heavy (non-hydrogen) atoms. The van der Waals surface area contributed by atoms with E-state index in [-0.39, 0.29) is 17.8 Å². The molecule has 1 atom stereocenters. The Labute approximate surface area is 87.9 Å². The molecule has 0 bridgehead atoms. The number of hydrogen-bond donors (Lipinski definition) is 2. The number of carbonyl (C=O) groups is 1. The zero-order chi connectivity index (χ0) is 10.7. The second kappa shape index (κ2) is 4.31. The van der Waals surface area contributed by atoms with E-state index in [1.807, 2.05) is 12.1 Å². The first-order valence-corrected chi connectivity index (χ1v) is 4.93. The molecule has 1 aliphatic rings. The van der Waals surface area contributed by atoms with E-state index in [2.05, 4.69) is 5.32 Å². The van der Waals surface area contributed by atoms with Crippen molar-refractivity contribution >= 4 is 5.97 Å². The molecule has 1 fully saturated rings. The molecule has 2 rings (SSSR count). The third-order valence-electron chi connectivity index (χ3n) is 2.42. The van der Waals surface area contributed by atoms with Crippen LogP contribution in [0.3, 0.4) is 0 Å². The number of phenols is 1. The molecule has 4 nitrogen and oxygen atoms in total. The van der Waals surface area contributed by atoms with Gasteiger partial charge in [-0.25, -0.2) is 0 Å². The lowest BCUT2D eigenvalue weighted by Crippen LogP contribution is -2.32. The Kier molecular flexibility index (Phi) is 2.87. The molecule has 1 aromatic carbocycles. The van der Waals surface area contributed by atoms with Crippen molar-refractivity contribution in [1.82, 2.24) is 5.32 Å². The van der Waals surface area contributed by atoms with Crippen LogP contribution < -0.4 is 5.32 Å². The van der Waals surface area contributed by atoms with Crippen LogP contribution in [0.2, 0.25) is 0 Å². The van der Waals surface area contributed by atoms with E-state index in [4.69, 9.17) is 9.84 Å². The Balaban J connectivity index is 1.87. The largest absolute Gasteiger partial charge is 0.508 e. The van der Waals surface area contributed by atoms with Crippen LogP contribution in [-0.2, 0) is 16.1 Å². The number of aromatic hydroxyl groups is 1. The van der Waals surface area contributed by atoms with Gasteiger partial charge in [0.15, 0.2) is 0 Å². The molecular weight excluding hydrogens is 194 g/mol. The Bertz CT molecular complexity index is 347. The van der Waals surface area contributed by atoms with Crippen LogP contribution in [0.25, 0.3) is 0 Å². The fourth-order valence-electron chi connectivity index (χ4n) is 1.54. The predicted molar refractivity (Wildman–Crippen MR) is 54.3 cm³/mol. The van der Waals surface area contributed by atoms with Gasteiger partial charge < -0.3 is 15.2 Å². The van der Waals surface area contributed by atoms with Gasteiger partial charge in [-0.15, -0.1) is 0 Å². The van der Waals surface area contributed by atoms with Crippen molar-refractivity contribution in [3.05, 3.63) is 29.8 Å². The summed E-state index contributed by atoms with van der Waals surface area (Å²) in [5.41, 5.74) is 1.03. The Morgan fingerprint density at radius 1 is 1.40 bits per heavy atom. The number of benzene rings is 1. The van der Waals surface area contributed by atoms with Crippen molar-refractivity contribution in [1.29, 1.82) is 0 Å². The summed E-state index contributed by atoms with van der Waals surface area (Å²) in [6.07, 6.45) is 0.733. The first-order chi connectivity index (χ1) is 7.25. The van der Waals surface area contributed by atoms with Crippen molar-refractivity contribution in [2.45, 2.75) is 19.0 Å². The first kappa shape index (κ1) is 9.98. The predicted octanol–water partition coefficient (Wildman–Crippen LogP) is 0.797. The Morgan fingerprint density at radius 3 is 2.73 bits per heavy atom. The zero-order valence-corrected chi connectivity index (χ0v) is 8.27. The summed E-state index contributed by atoms with van der Waals surface area (Å²) in [5, 5.41) is 12.2. The average Bonchev–Trinajstić information content (AvgIpc) is 2.63. The number of hydrogen-bond acceptors (Lipinski definition) is 4. The van der Waals surface area contributed by atoms with Gasteiger partial charge in [-0.1, -0.05) is 12.1 Å². The van der Waals surface area contributed by atoms with Gasteiger partial charge in [-0.05, 0) is 17.7 Å². The molecule has 80 valence electrons. The lowest BCUT2D eigenvalue weighted by atomic mass is 10.2. The zero-order valence-electron chi connectivity index (χ0n) is 8.27. The fourth-order valence-corrected chi connectivity index (χ4v) is 1.54. The van der Waals surface area contributed by atoms with E-state index in [9.17, 15) is 4.79 Å². The number of phenolic OH excluding ortho intramolecular Hbond substituents is 1. The lowest BCUT2D eigenvalue weighted by Gasteiger charge is -2.08. The average molecular weight is 207 g/mol. The van der Waals surface area contributed by atoms with Gasteiger partial charge >= 0.3 is 5.97 Å². The van der Waals surface area contributed by atoms with E-state index < -0.39 is 0 Å². The Morgan fingerprint density at radius 2 is 2.13 bits per heavy atom. The quantitative estimate of drug-likeness (QED) is 0.720. The summed E-state index contributed by atoms with van der Waals surface area (Å²) < 4.78 is 4.83. The molecule has 0 radical (unpaired) electrons. The maximum atomic E-state index is 11.1. The van der Waals surface area contributed by atoms with Crippen molar-refractivity contribution in [2.24, 2.45) is 0 Å². The van der Waals surface area contributed by atoms with Crippen LogP contribution in [0.1, 0.15) is 12.0 Å². The molecule has 0 saturated carbocycles. The van der Waals surface area contributed by atoms with E-state index in [1.54, 1.807) is 12.1 Å². The van der Waals surface area contributed by atoms with Gasteiger partial charge in [0.1, 0.15) is 11.8 Å². The monoisotopic (exact) mass is 207 g/mol. The number of carbonyl (C=O) groups excluding carboxylic acids is 1. The minimum Gasteiger partial charge on any atom is -0.508 e. The highest BCUT2D eigenvalue weighted by Gasteiger charge is 2.25. The summed E-state index contributed by atoms with van der Waals surface area (Å²) in [7, 11) is 0. The maximum Gasteiger partial charge on any atom is 0.323 e. The van der Waals surface area contributed by atoms with Crippen molar-refractivity contribution in [2.75, 3.05) is 6.61 Å². The molecule has 1 saturated heterocycles. The van der Waals surface area contributed by atoms with E-state index in [0.29, 0.717) is 13.2 Å². The van der Waals surface area contributed by atoms with Crippen LogP contribution in [0.5, 0.6) is 5.75 Å². The summed E-state index contributed by atoms with van der Waals surface area (Å²) in [5.74, 6) is 0.0767. The smallest absolute Gasteiger partial charge is 0.323 e. The number of rotatable bonds is 3. The summed E-state index contributed by atoms with van der Waals surface area (Å²) >= 11 is 0. The van der Waals surface area contributed by atoms with Crippen LogP contribution in [0.15, 0.2) is 24.3 Å². The minimum absolute atomic E-state index is 0.172. The van der Waals surface area contributed by atoms with Crippen LogP contribution in [0.4, 0.5) is 0 Å². The van der Waals surface area contributed by atoms with Crippen molar-refractivity contribution < 1.29 is 14.6 Å². The van der Waals surface area contributed by atoms with E-state index >= 15 is 0 Å². The SMILES string of the molecule is O=C1OCCC1NCc1ccc(O)cc1. The summed E-state index contributed by atoms with van der Waals surface area (Å²) in [6.45, 7) is 1.12. The number of ether oxygens (including phenoxy) is 1. The summed E-state index contributed by atoms with van der Waals surface area (Å²) in [4.78, 5) is 11.1. The van der Waals surface area contributed by atoms with E-state index in [1.165, 1.54) is 0 Å². The fraction of sp³-hybridized carbons (Fsp3) is 0.364. The second-order valence-electron chi connectivity index (χ2n) is 3.56. The van der Waals surface area contributed by atoms with Crippen LogP contribution in [-0.4, -0.2) is 23.7 Å². The third-order valence-corrected chi connectivity index (χ3v) is 2.42. The molecule has 0 aromatic heterocycles. The Hall–Kier alpha value is -1.55. The molecule has 4 heteroatoms. The molecule has 1 aliphatic heterocycles. The summed E-state index contributed by atoms with van der Waals surface area (Å²) in [6, 6.07) is 6.72. The molecule has 1 aromatic rings. The van der Waals surface area contributed by atoms with Crippen molar-refractivity contribution in [3.8, 4) is 5.75 Å². The van der Waals surface area contributed by atoms with Gasteiger partial charge in [0, 0.05) is 13.0 Å². The second-order valence-corrected chi connectivity index (χ2v) is 3.56. The van der Waals surface area contributed by atoms with Gasteiger partial charge in [0.05, 0.1) is 6.61 Å². The molecular formula is C11H13NO3.